The number of nitroso groups, excluding NO2 is 1. The van der Waals surface area contributed by atoms with Gasteiger partial charge in [-0.25, -0.2) is 0 Å². The number of hydrogen-bond acceptors (Lipinski definition) is 6. The molecule has 166 valence electrons. The summed E-state index contributed by atoms with van der Waals surface area (Å²) >= 11 is 0. The van der Waals surface area contributed by atoms with E-state index in [1.54, 1.807) is 12.1 Å². The number of hydrogen-bond donors (Lipinski definition) is 2. The summed E-state index contributed by atoms with van der Waals surface area (Å²) in [4.78, 5) is 24.4. The maximum atomic E-state index is 13.3. The third-order valence-corrected chi connectivity index (χ3v) is 6.43. The van der Waals surface area contributed by atoms with Gasteiger partial charge in [0.2, 0.25) is 12.7 Å². The van der Waals surface area contributed by atoms with Crippen molar-refractivity contribution in [3.63, 3.8) is 0 Å². The molecule has 0 radical (unpaired) electrons. The Balaban J connectivity index is 1.46. The highest BCUT2D eigenvalue weighted by atomic mass is 16.7. The van der Waals surface area contributed by atoms with Crippen molar-refractivity contribution in [3.05, 3.63) is 62.8 Å². The molecule has 32 heavy (non-hydrogen) atoms. The van der Waals surface area contributed by atoms with E-state index in [0.717, 1.165) is 18.4 Å². The van der Waals surface area contributed by atoms with Gasteiger partial charge < -0.3 is 25.1 Å². The fourth-order valence-corrected chi connectivity index (χ4v) is 4.51. The summed E-state index contributed by atoms with van der Waals surface area (Å²) in [6.07, 6.45) is 3.32. The van der Waals surface area contributed by atoms with Gasteiger partial charge in [0.15, 0.2) is 11.5 Å². The quantitative estimate of drug-likeness (QED) is 0.550. The van der Waals surface area contributed by atoms with Crippen LogP contribution in [0.5, 0.6) is 11.5 Å². The molecular formula is C24H25N3O5. The predicted molar refractivity (Wildman–Crippen MR) is 119 cm³/mol. The SMILES string of the molecule is CC(C)(C)C1=Cc2cc(NC(=O)C3(c4ccc5c(c4)OCO5)CC3)cc(CN=O)c2[NH+]1[O-]. The Labute approximate surface area is 185 Å². The molecule has 0 bridgehead atoms. The molecular weight excluding hydrogens is 410 g/mol. The fourth-order valence-electron chi connectivity index (χ4n) is 4.51. The van der Waals surface area contributed by atoms with Gasteiger partial charge in [-0.15, -0.1) is 0 Å². The number of nitrogens with one attached hydrogen (secondary N) is 2. The summed E-state index contributed by atoms with van der Waals surface area (Å²) in [6, 6.07) is 9.09. The van der Waals surface area contributed by atoms with Crippen LogP contribution in [0, 0.1) is 15.5 Å². The number of fused-ring (bicyclic) bond motifs is 2. The molecule has 2 aliphatic heterocycles. The first-order valence-corrected chi connectivity index (χ1v) is 10.7. The minimum atomic E-state index is -0.620. The number of nitrogens with zero attached hydrogens (tertiary/aromatic N) is 1. The highest BCUT2D eigenvalue weighted by molar-refractivity contribution is 6.02. The van der Waals surface area contributed by atoms with E-state index in [1.165, 1.54) is 0 Å². The molecule has 0 saturated heterocycles. The highest BCUT2D eigenvalue weighted by Gasteiger charge is 2.51. The maximum Gasteiger partial charge on any atom is 0.235 e. The number of anilines is 1. The lowest BCUT2D eigenvalue weighted by atomic mass is 9.92. The van der Waals surface area contributed by atoms with Crippen LogP contribution < -0.4 is 19.9 Å². The number of amides is 1. The number of benzene rings is 2. The maximum absolute atomic E-state index is 13.3. The Morgan fingerprint density at radius 2 is 1.94 bits per heavy atom. The summed E-state index contributed by atoms with van der Waals surface area (Å²) < 4.78 is 10.8. The van der Waals surface area contributed by atoms with E-state index in [4.69, 9.17) is 9.47 Å². The first-order chi connectivity index (χ1) is 15.2. The Morgan fingerprint density at radius 3 is 2.62 bits per heavy atom. The Kier molecular flexibility index (Phi) is 4.61. The van der Waals surface area contributed by atoms with Crippen LogP contribution >= 0.6 is 0 Å². The summed E-state index contributed by atoms with van der Waals surface area (Å²) in [5.74, 6) is 1.21. The fraction of sp³-hybridized carbons (Fsp3) is 0.375. The summed E-state index contributed by atoms with van der Waals surface area (Å²) in [7, 11) is 0. The molecule has 1 amide bonds. The number of hydroxylamine groups is 1. The number of carbonyl (C=O) groups excluding carboxylic acids is 1. The smallest absolute Gasteiger partial charge is 0.235 e. The zero-order valence-electron chi connectivity index (χ0n) is 18.3. The Morgan fingerprint density at radius 1 is 1.19 bits per heavy atom. The van der Waals surface area contributed by atoms with Crippen molar-refractivity contribution in [1.82, 2.24) is 0 Å². The highest BCUT2D eigenvalue weighted by Crippen LogP contribution is 2.51. The van der Waals surface area contributed by atoms with Crippen molar-refractivity contribution in [2.24, 2.45) is 10.6 Å². The Bertz CT molecular complexity index is 1160. The van der Waals surface area contributed by atoms with Crippen LogP contribution in [0.3, 0.4) is 0 Å². The van der Waals surface area contributed by atoms with E-state index in [2.05, 4.69) is 10.5 Å². The topological polar surface area (TPSA) is 104 Å². The lowest BCUT2D eigenvalue weighted by molar-refractivity contribution is -0.735. The average Bonchev–Trinajstić information content (AvgIpc) is 3.29. The molecule has 2 N–H and O–H groups in total. The largest absolute Gasteiger partial charge is 0.624 e. The molecule has 8 heteroatoms. The lowest BCUT2D eigenvalue weighted by Gasteiger charge is -2.29. The standard InChI is InChI=1S/C24H25N3O5/c1-23(2,3)20-10-14-8-17(9-15(12-25-29)21(14)27(20)30)26-22(28)24(6-7-24)16-4-5-18-19(11-16)32-13-31-18/h4-5,8-11,27H,6-7,12-13H2,1-3H3,(H,26,28). The van der Waals surface area contributed by atoms with Gasteiger partial charge in [-0.05, 0) is 42.7 Å². The van der Waals surface area contributed by atoms with Crippen molar-refractivity contribution >= 4 is 23.4 Å². The van der Waals surface area contributed by atoms with Crippen molar-refractivity contribution < 1.29 is 19.3 Å². The number of quaternary nitrogens is 1. The van der Waals surface area contributed by atoms with Gasteiger partial charge in [0, 0.05) is 28.3 Å². The van der Waals surface area contributed by atoms with Crippen LogP contribution in [-0.2, 0) is 16.8 Å². The predicted octanol–water partition coefficient (Wildman–Crippen LogP) is 3.77. The second-order valence-electron chi connectivity index (χ2n) is 9.63. The summed E-state index contributed by atoms with van der Waals surface area (Å²) in [5.41, 5.74) is 2.92. The minimum Gasteiger partial charge on any atom is -0.624 e. The molecule has 1 unspecified atom stereocenters. The molecule has 2 aromatic rings. The summed E-state index contributed by atoms with van der Waals surface area (Å²) in [5, 5.41) is 18.9. The number of ether oxygens (including phenoxy) is 2. The van der Waals surface area contributed by atoms with E-state index < -0.39 is 5.41 Å². The van der Waals surface area contributed by atoms with Gasteiger partial charge in [-0.3, -0.25) is 4.79 Å². The molecule has 3 aliphatic rings. The van der Waals surface area contributed by atoms with Crippen LogP contribution in [-0.4, -0.2) is 12.7 Å². The first kappa shape index (κ1) is 20.7. The van der Waals surface area contributed by atoms with Crippen LogP contribution in [0.4, 0.5) is 11.4 Å². The van der Waals surface area contributed by atoms with Gasteiger partial charge >= 0.3 is 0 Å². The first-order valence-electron chi connectivity index (χ1n) is 10.7. The third kappa shape index (κ3) is 3.27. The number of allylic oxidation sites excluding steroid dienone is 1. The van der Waals surface area contributed by atoms with E-state index >= 15 is 0 Å². The zero-order chi connectivity index (χ0) is 22.7. The molecule has 2 aromatic carbocycles. The van der Waals surface area contributed by atoms with E-state index in [1.807, 2.05) is 45.0 Å². The average molecular weight is 435 g/mol. The van der Waals surface area contributed by atoms with Gasteiger partial charge in [-0.1, -0.05) is 32.0 Å². The van der Waals surface area contributed by atoms with E-state index in [-0.39, 0.29) is 29.7 Å². The molecule has 2 heterocycles. The van der Waals surface area contributed by atoms with Crippen LogP contribution in [0.15, 0.2) is 41.2 Å². The second-order valence-corrected chi connectivity index (χ2v) is 9.63. The van der Waals surface area contributed by atoms with Crippen molar-refractivity contribution in [1.29, 1.82) is 0 Å². The van der Waals surface area contributed by atoms with Crippen molar-refractivity contribution in [2.45, 2.75) is 45.6 Å². The molecule has 1 saturated carbocycles. The Hall–Kier alpha value is -3.23. The van der Waals surface area contributed by atoms with Crippen LogP contribution in [0.1, 0.15) is 50.3 Å². The van der Waals surface area contributed by atoms with Crippen molar-refractivity contribution in [3.8, 4) is 11.5 Å². The molecule has 0 aromatic heterocycles. The van der Waals surface area contributed by atoms with E-state index in [0.29, 0.717) is 39.7 Å². The molecule has 5 rings (SSSR count). The van der Waals surface area contributed by atoms with Crippen LogP contribution in [0.2, 0.25) is 0 Å². The second kappa shape index (κ2) is 7.15. The summed E-state index contributed by atoms with van der Waals surface area (Å²) in [6.45, 7) is 5.99. The van der Waals surface area contributed by atoms with Crippen molar-refractivity contribution in [2.75, 3.05) is 12.1 Å². The molecule has 1 fully saturated rings. The normalized spacial score (nSPS) is 19.9. The monoisotopic (exact) mass is 435 g/mol. The molecule has 1 atom stereocenters. The van der Waals surface area contributed by atoms with Crippen LogP contribution in [0.25, 0.3) is 6.08 Å². The number of rotatable bonds is 5. The lowest BCUT2D eigenvalue weighted by Crippen LogP contribution is -3.00. The molecule has 0 spiro atoms. The third-order valence-electron chi connectivity index (χ3n) is 6.43. The number of carbonyl (C=O) groups is 1. The van der Waals surface area contributed by atoms with Gasteiger partial charge in [-0.2, -0.15) is 4.91 Å². The van der Waals surface area contributed by atoms with Gasteiger partial charge in [0.25, 0.3) is 0 Å². The van der Waals surface area contributed by atoms with Gasteiger partial charge in [0.1, 0.15) is 17.9 Å². The minimum absolute atomic E-state index is 0.0805. The van der Waals surface area contributed by atoms with Gasteiger partial charge in [0.05, 0.1) is 5.41 Å². The molecule has 1 aliphatic carbocycles. The molecule has 8 nitrogen and oxygen atoms in total. The zero-order valence-corrected chi connectivity index (χ0v) is 18.3. The van der Waals surface area contributed by atoms with E-state index in [9.17, 15) is 14.9 Å².